The molecule has 0 aliphatic carbocycles. The van der Waals surface area contributed by atoms with Crippen LogP contribution in [-0.4, -0.2) is 24.0 Å². The number of carbonyl (C=O) groups excluding carboxylic acids is 1. The average molecular weight is 347 g/mol. The summed E-state index contributed by atoms with van der Waals surface area (Å²) in [7, 11) is 0. The van der Waals surface area contributed by atoms with Crippen molar-refractivity contribution in [3.63, 3.8) is 0 Å². The highest BCUT2D eigenvalue weighted by atomic mass is 19.1. The van der Waals surface area contributed by atoms with Gasteiger partial charge in [0.1, 0.15) is 11.5 Å². The highest BCUT2D eigenvalue weighted by molar-refractivity contribution is 6.09. The highest BCUT2D eigenvalue weighted by Gasteiger charge is 2.22. The Morgan fingerprint density at radius 2 is 1.92 bits per heavy atom. The largest absolute Gasteiger partial charge is 0.490 e. The van der Waals surface area contributed by atoms with Gasteiger partial charge in [-0.25, -0.2) is 4.39 Å². The van der Waals surface area contributed by atoms with E-state index in [9.17, 15) is 19.3 Å². The van der Waals surface area contributed by atoms with Gasteiger partial charge in [0, 0.05) is 18.2 Å². The lowest BCUT2D eigenvalue weighted by Gasteiger charge is -2.11. The zero-order chi connectivity index (χ0) is 18.0. The molecule has 1 amide bonds. The number of rotatable bonds is 3. The monoisotopic (exact) mass is 347 g/mol. The molecule has 1 heterocycles. The molecule has 0 bridgehead atoms. The number of ether oxygens (including phenoxy) is 2. The van der Waals surface area contributed by atoms with E-state index >= 15 is 0 Å². The van der Waals surface area contributed by atoms with Crippen LogP contribution in [0.25, 0.3) is 0 Å². The number of anilines is 2. The van der Waals surface area contributed by atoms with Gasteiger partial charge < -0.3 is 20.5 Å². The van der Waals surface area contributed by atoms with Crippen LogP contribution < -0.4 is 20.5 Å². The highest BCUT2D eigenvalue weighted by Crippen LogP contribution is 2.33. The minimum atomic E-state index is -0.926. The maximum absolute atomic E-state index is 13.6. The Balaban J connectivity index is 1.88. The first kappa shape index (κ1) is 16.5. The first-order chi connectivity index (χ1) is 12.0. The minimum Gasteiger partial charge on any atom is -0.490 e. The van der Waals surface area contributed by atoms with Crippen LogP contribution in [0.2, 0.25) is 0 Å². The Hall–Kier alpha value is -3.36. The van der Waals surface area contributed by atoms with Crippen molar-refractivity contribution in [2.24, 2.45) is 0 Å². The maximum Gasteiger partial charge on any atom is 0.295 e. The summed E-state index contributed by atoms with van der Waals surface area (Å²) in [6, 6.07) is 6.28. The third-order valence-corrected chi connectivity index (χ3v) is 3.57. The number of hydrogen-bond donors (Lipinski definition) is 2. The number of nitrogen functional groups attached to an aromatic ring is 1. The molecule has 1 aliphatic rings. The fraction of sp³-hybridized carbons (Fsp3) is 0.188. The molecule has 2 aromatic rings. The lowest BCUT2D eigenvalue weighted by molar-refractivity contribution is -0.384. The van der Waals surface area contributed by atoms with Gasteiger partial charge >= 0.3 is 0 Å². The zero-order valence-corrected chi connectivity index (χ0v) is 13.0. The third-order valence-electron chi connectivity index (χ3n) is 3.57. The first-order valence-corrected chi connectivity index (χ1v) is 7.40. The molecule has 8 nitrogen and oxygen atoms in total. The van der Waals surface area contributed by atoms with Gasteiger partial charge in [0.15, 0.2) is 11.5 Å². The molecule has 1 aliphatic heterocycles. The van der Waals surface area contributed by atoms with Gasteiger partial charge in [0.25, 0.3) is 11.6 Å². The standard InChI is InChI=1S/C16H14FN3O5/c17-9-6-11(15(18)12(7-9)20(22)23)16(21)19-10-2-3-13-14(8-10)25-5-1-4-24-13/h2-3,6-8H,1,4-5,18H2,(H,19,21). The summed E-state index contributed by atoms with van der Waals surface area (Å²) >= 11 is 0. The topological polar surface area (TPSA) is 117 Å². The van der Waals surface area contributed by atoms with Crippen molar-refractivity contribution >= 4 is 23.0 Å². The van der Waals surface area contributed by atoms with E-state index in [1.807, 2.05) is 0 Å². The van der Waals surface area contributed by atoms with Crippen LogP contribution in [0, 0.1) is 15.9 Å². The van der Waals surface area contributed by atoms with E-state index in [4.69, 9.17) is 15.2 Å². The average Bonchev–Trinajstić information content (AvgIpc) is 2.81. The molecule has 2 aromatic carbocycles. The second kappa shape index (κ2) is 6.63. The van der Waals surface area contributed by atoms with Crippen LogP contribution >= 0.6 is 0 Å². The van der Waals surface area contributed by atoms with Crippen LogP contribution in [-0.2, 0) is 0 Å². The molecule has 0 saturated heterocycles. The molecule has 3 rings (SSSR count). The number of amides is 1. The molecule has 0 radical (unpaired) electrons. The molecule has 0 unspecified atom stereocenters. The van der Waals surface area contributed by atoms with Gasteiger partial charge in [-0.2, -0.15) is 0 Å². The van der Waals surface area contributed by atoms with E-state index in [-0.39, 0.29) is 5.56 Å². The van der Waals surface area contributed by atoms with Crippen LogP contribution in [0.3, 0.4) is 0 Å². The zero-order valence-electron chi connectivity index (χ0n) is 13.0. The van der Waals surface area contributed by atoms with Crippen molar-refractivity contribution in [2.75, 3.05) is 24.3 Å². The number of nitro benzene ring substituents is 1. The summed E-state index contributed by atoms with van der Waals surface area (Å²) in [6.45, 7) is 1.01. The van der Waals surface area contributed by atoms with E-state index in [1.54, 1.807) is 18.2 Å². The minimum absolute atomic E-state index is 0.321. The number of nitrogens with two attached hydrogens (primary N) is 1. The SMILES string of the molecule is Nc1c(C(=O)Nc2ccc3c(c2)OCCCO3)cc(F)cc1[N+](=O)[O-]. The molecule has 0 aromatic heterocycles. The van der Waals surface area contributed by atoms with E-state index in [0.29, 0.717) is 36.5 Å². The second-order valence-corrected chi connectivity index (χ2v) is 5.31. The molecule has 0 spiro atoms. The first-order valence-electron chi connectivity index (χ1n) is 7.40. The molecular weight excluding hydrogens is 333 g/mol. The quantitative estimate of drug-likeness (QED) is 0.501. The van der Waals surface area contributed by atoms with Crippen molar-refractivity contribution in [3.8, 4) is 11.5 Å². The number of halogens is 1. The lowest BCUT2D eigenvalue weighted by atomic mass is 10.1. The predicted octanol–water partition coefficient (Wildman–Crippen LogP) is 2.73. The fourth-order valence-electron chi connectivity index (χ4n) is 2.38. The van der Waals surface area contributed by atoms with Crippen LogP contribution in [0.4, 0.5) is 21.5 Å². The summed E-state index contributed by atoms with van der Waals surface area (Å²) in [5.74, 6) is -0.677. The van der Waals surface area contributed by atoms with Gasteiger partial charge in [-0.1, -0.05) is 0 Å². The molecule has 9 heteroatoms. The number of nitro groups is 1. The number of fused-ring (bicyclic) bond motifs is 1. The van der Waals surface area contributed by atoms with Crippen molar-refractivity contribution in [2.45, 2.75) is 6.42 Å². The van der Waals surface area contributed by atoms with Gasteiger partial charge in [-0.15, -0.1) is 0 Å². The van der Waals surface area contributed by atoms with E-state index in [2.05, 4.69) is 5.32 Å². The van der Waals surface area contributed by atoms with Gasteiger partial charge in [0.05, 0.1) is 29.8 Å². The van der Waals surface area contributed by atoms with Gasteiger partial charge in [-0.05, 0) is 18.2 Å². The van der Waals surface area contributed by atoms with Crippen LogP contribution in [0.15, 0.2) is 30.3 Å². The predicted molar refractivity (Wildman–Crippen MR) is 87.5 cm³/mol. The van der Waals surface area contributed by atoms with Gasteiger partial charge in [0.2, 0.25) is 0 Å². The number of benzene rings is 2. The summed E-state index contributed by atoms with van der Waals surface area (Å²) in [5.41, 5.74) is 4.60. The lowest BCUT2D eigenvalue weighted by Crippen LogP contribution is -2.15. The summed E-state index contributed by atoms with van der Waals surface area (Å²) in [4.78, 5) is 22.4. The van der Waals surface area contributed by atoms with E-state index in [1.165, 1.54) is 0 Å². The van der Waals surface area contributed by atoms with E-state index in [0.717, 1.165) is 12.5 Å². The Bertz CT molecular complexity index is 856. The van der Waals surface area contributed by atoms with Crippen molar-refractivity contribution in [3.05, 3.63) is 51.8 Å². The molecule has 0 fully saturated rings. The molecule has 25 heavy (non-hydrogen) atoms. The number of nitrogens with zero attached hydrogens (tertiary/aromatic N) is 1. The van der Waals surface area contributed by atoms with Crippen LogP contribution in [0.1, 0.15) is 16.8 Å². The normalized spacial score (nSPS) is 13.0. The fourth-order valence-corrected chi connectivity index (χ4v) is 2.38. The van der Waals surface area contributed by atoms with Crippen LogP contribution in [0.5, 0.6) is 11.5 Å². The Kier molecular flexibility index (Phi) is 4.38. The smallest absolute Gasteiger partial charge is 0.295 e. The number of nitrogens with one attached hydrogen (secondary N) is 1. The maximum atomic E-state index is 13.6. The van der Waals surface area contributed by atoms with Crippen molar-refractivity contribution < 1.29 is 23.6 Å². The molecular formula is C16H14FN3O5. The molecule has 0 saturated carbocycles. The molecule has 130 valence electrons. The summed E-state index contributed by atoms with van der Waals surface area (Å²) in [6.07, 6.45) is 0.736. The van der Waals surface area contributed by atoms with E-state index < -0.39 is 28.0 Å². The Labute approximate surface area is 141 Å². The summed E-state index contributed by atoms with van der Waals surface area (Å²) in [5, 5.41) is 13.4. The number of hydrogen-bond acceptors (Lipinski definition) is 6. The summed E-state index contributed by atoms with van der Waals surface area (Å²) < 4.78 is 24.6. The number of carbonyl (C=O) groups is 1. The Morgan fingerprint density at radius 1 is 1.20 bits per heavy atom. The van der Waals surface area contributed by atoms with Crippen molar-refractivity contribution in [1.29, 1.82) is 0 Å². The van der Waals surface area contributed by atoms with Gasteiger partial charge in [-0.3, -0.25) is 14.9 Å². The molecule has 3 N–H and O–H groups in total. The third kappa shape index (κ3) is 3.44. The Morgan fingerprint density at radius 3 is 2.64 bits per heavy atom. The second-order valence-electron chi connectivity index (χ2n) is 5.31. The van der Waals surface area contributed by atoms with Crippen molar-refractivity contribution in [1.82, 2.24) is 0 Å². The molecule has 0 atom stereocenters.